The SMILES string of the molecule is O=C1CCC2(CCCN(Cc3ccccn3)CC2)N1. The van der Waals surface area contributed by atoms with Gasteiger partial charge in [0.1, 0.15) is 0 Å². The first kappa shape index (κ1) is 12.6. The van der Waals surface area contributed by atoms with Gasteiger partial charge in [-0.05, 0) is 44.4 Å². The van der Waals surface area contributed by atoms with Crippen LogP contribution >= 0.6 is 0 Å². The van der Waals surface area contributed by atoms with E-state index in [1.165, 1.54) is 0 Å². The van der Waals surface area contributed by atoms with Gasteiger partial charge in [0.05, 0.1) is 5.69 Å². The van der Waals surface area contributed by atoms with Crippen LogP contribution in [0.5, 0.6) is 0 Å². The molecule has 1 aromatic rings. The Morgan fingerprint density at radius 2 is 2.21 bits per heavy atom. The maximum Gasteiger partial charge on any atom is 0.220 e. The number of amides is 1. The molecular weight excluding hydrogens is 238 g/mol. The fourth-order valence-electron chi connectivity index (χ4n) is 3.28. The summed E-state index contributed by atoms with van der Waals surface area (Å²) >= 11 is 0. The van der Waals surface area contributed by atoms with Crippen LogP contribution in [0.1, 0.15) is 37.8 Å². The van der Waals surface area contributed by atoms with E-state index in [2.05, 4.69) is 21.3 Å². The summed E-state index contributed by atoms with van der Waals surface area (Å²) < 4.78 is 0. The van der Waals surface area contributed by atoms with Crippen LogP contribution in [0.3, 0.4) is 0 Å². The van der Waals surface area contributed by atoms with Gasteiger partial charge in [0, 0.05) is 31.2 Å². The molecule has 1 spiro atoms. The standard InChI is InChI=1S/C15H21N3O/c19-14-5-7-15(17-14)6-3-10-18(11-8-15)12-13-4-1-2-9-16-13/h1-2,4,9H,3,5-8,10-12H2,(H,17,19). The Hall–Kier alpha value is -1.42. The third kappa shape index (κ3) is 2.95. The summed E-state index contributed by atoms with van der Waals surface area (Å²) in [6.45, 7) is 3.08. The average molecular weight is 259 g/mol. The lowest BCUT2D eigenvalue weighted by atomic mass is 9.89. The molecule has 2 fully saturated rings. The zero-order chi connectivity index (χ0) is 13.1. The molecule has 4 nitrogen and oxygen atoms in total. The molecule has 1 amide bonds. The maximum absolute atomic E-state index is 11.5. The lowest BCUT2D eigenvalue weighted by Crippen LogP contribution is -2.42. The van der Waals surface area contributed by atoms with Crippen molar-refractivity contribution < 1.29 is 4.79 Å². The first-order valence-electron chi connectivity index (χ1n) is 7.19. The number of pyridine rings is 1. The Morgan fingerprint density at radius 3 is 2.95 bits per heavy atom. The van der Waals surface area contributed by atoms with E-state index in [4.69, 9.17) is 0 Å². The first-order valence-corrected chi connectivity index (χ1v) is 7.19. The normalized spacial score (nSPS) is 28.3. The van der Waals surface area contributed by atoms with E-state index in [9.17, 15) is 4.79 Å². The largest absolute Gasteiger partial charge is 0.351 e. The number of rotatable bonds is 2. The van der Waals surface area contributed by atoms with E-state index in [0.29, 0.717) is 6.42 Å². The summed E-state index contributed by atoms with van der Waals surface area (Å²) in [6, 6.07) is 6.08. The molecule has 0 bridgehead atoms. The van der Waals surface area contributed by atoms with Gasteiger partial charge >= 0.3 is 0 Å². The Kier molecular flexibility index (Phi) is 3.51. The van der Waals surface area contributed by atoms with Crippen LogP contribution in [0.15, 0.2) is 24.4 Å². The highest BCUT2D eigenvalue weighted by Crippen LogP contribution is 2.31. The van der Waals surface area contributed by atoms with Crippen molar-refractivity contribution in [2.45, 2.75) is 44.2 Å². The van der Waals surface area contributed by atoms with E-state index in [1.807, 2.05) is 18.3 Å². The summed E-state index contributed by atoms with van der Waals surface area (Å²) in [5.74, 6) is 0.234. The van der Waals surface area contributed by atoms with Crippen molar-refractivity contribution in [3.63, 3.8) is 0 Å². The van der Waals surface area contributed by atoms with Crippen LogP contribution in [0, 0.1) is 0 Å². The summed E-state index contributed by atoms with van der Waals surface area (Å²) in [7, 11) is 0. The molecule has 1 atom stereocenters. The molecule has 3 heterocycles. The van der Waals surface area contributed by atoms with Crippen LogP contribution in [0.2, 0.25) is 0 Å². The average Bonchev–Trinajstić information content (AvgIpc) is 2.67. The summed E-state index contributed by atoms with van der Waals surface area (Å²) in [5, 5.41) is 3.21. The number of carbonyl (C=O) groups excluding carboxylic acids is 1. The second-order valence-electron chi connectivity index (χ2n) is 5.78. The second-order valence-corrected chi connectivity index (χ2v) is 5.78. The molecule has 3 rings (SSSR count). The number of nitrogens with zero attached hydrogens (tertiary/aromatic N) is 2. The molecule has 2 saturated heterocycles. The number of likely N-dealkylation sites (tertiary alicyclic amines) is 1. The highest BCUT2D eigenvalue weighted by molar-refractivity contribution is 5.79. The summed E-state index contributed by atoms with van der Waals surface area (Å²) in [4.78, 5) is 18.3. The fraction of sp³-hybridized carbons (Fsp3) is 0.600. The molecule has 2 aliphatic rings. The third-order valence-corrected chi connectivity index (χ3v) is 4.38. The van der Waals surface area contributed by atoms with Crippen LogP contribution in [0.4, 0.5) is 0 Å². The molecule has 0 aliphatic carbocycles. The van der Waals surface area contributed by atoms with E-state index in [0.717, 1.165) is 51.0 Å². The molecule has 19 heavy (non-hydrogen) atoms. The van der Waals surface area contributed by atoms with E-state index >= 15 is 0 Å². The Bertz CT molecular complexity index is 448. The predicted octanol–water partition coefficient (Wildman–Crippen LogP) is 1.72. The number of hydrogen-bond acceptors (Lipinski definition) is 3. The highest BCUT2D eigenvalue weighted by atomic mass is 16.2. The van der Waals surface area contributed by atoms with E-state index in [-0.39, 0.29) is 11.4 Å². The van der Waals surface area contributed by atoms with Crippen LogP contribution in [-0.2, 0) is 11.3 Å². The Labute approximate surface area is 114 Å². The lowest BCUT2D eigenvalue weighted by molar-refractivity contribution is -0.119. The van der Waals surface area contributed by atoms with Gasteiger partial charge in [-0.1, -0.05) is 6.07 Å². The smallest absolute Gasteiger partial charge is 0.220 e. The van der Waals surface area contributed by atoms with Gasteiger partial charge < -0.3 is 5.32 Å². The molecule has 0 aromatic carbocycles. The number of hydrogen-bond donors (Lipinski definition) is 1. The Balaban J connectivity index is 1.60. The van der Waals surface area contributed by atoms with Crippen LogP contribution in [-0.4, -0.2) is 34.4 Å². The quantitative estimate of drug-likeness (QED) is 0.879. The maximum atomic E-state index is 11.5. The van der Waals surface area contributed by atoms with Crippen molar-refractivity contribution in [1.29, 1.82) is 0 Å². The van der Waals surface area contributed by atoms with Gasteiger partial charge in [0.15, 0.2) is 0 Å². The van der Waals surface area contributed by atoms with Crippen molar-refractivity contribution >= 4 is 5.91 Å². The minimum atomic E-state index is 0.0932. The minimum Gasteiger partial charge on any atom is -0.351 e. The molecular formula is C15H21N3O. The molecule has 4 heteroatoms. The van der Waals surface area contributed by atoms with Gasteiger partial charge in [0.25, 0.3) is 0 Å². The zero-order valence-corrected chi connectivity index (χ0v) is 11.3. The van der Waals surface area contributed by atoms with Crippen molar-refractivity contribution in [3.8, 4) is 0 Å². The van der Waals surface area contributed by atoms with E-state index < -0.39 is 0 Å². The minimum absolute atomic E-state index is 0.0932. The molecule has 1 N–H and O–H groups in total. The van der Waals surface area contributed by atoms with Crippen molar-refractivity contribution in [1.82, 2.24) is 15.2 Å². The van der Waals surface area contributed by atoms with Gasteiger partial charge in [-0.2, -0.15) is 0 Å². The summed E-state index contributed by atoms with van der Waals surface area (Å²) in [6.07, 6.45) is 6.94. The van der Waals surface area contributed by atoms with Gasteiger partial charge in [-0.25, -0.2) is 0 Å². The van der Waals surface area contributed by atoms with E-state index in [1.54, 1.807) is 0 Å². The number of nitrogens with one attached hydrogen (secondary N) is 1. The monoisotopic (exact) mass is 259 g/mol. The van der Waals surface area contributed by atoms with Crippen LogP contribution in [0.25, 0.3) is 0 Å². The predicted molar refractivity (Wildman–Crippen MR) is 73.5 cm³/mol. The molecule has 2 aliphatic heterocycles. The number of carbonyl (C=O) groups is 1. The number of aromatic nitrogens is 1. The third-order valence-electron chi connectivity index (χ3n) is 4.38. The van der Waals surface area contributed by atoms with Crippen molar-refractivity contribution in [2.24, 2.45) is 0 Å². The fourth-order valence-corrected chi connectivity index (χ4v) is 3.28. The van der Waals surface area contributed by atoms with Crippen molar-refractivity contribution in [3.05, 3.63) is 30.1 Å². The highest BCUT2D eigenvalue weighted by Gasteiger charge is 2.38. The van der Waals surface area contributed by atoms with Crippen LogP contribution < -0.4 is 5.32 Å². The lowest BCUT2D eigenvalue weighted by Gasteiger charge is -2.27. The first-order chi connectivity index (χ1) is 9.26. The van der Waals surface area contributed by atoms with Gasteiger partial charge in [-0.3, -0.25) is 14.7 Å². The van der Waals surface area contributed by atoms with Gasteiger partial charge in [-0.15, -0.1) is 0 Å². The second kappa shape index (κ2) is 5.29. The molecule has 1 unspecified atom stereocenters. The Morgan fingerprint density at radius 1 is 1.26 bits per heavy atom. The zero-order valence-electron chi connectivity index (χ0n) is 11.3. The molecule has 0 saturated carbocycles. The van der Waals surface area contributed by atoms with Crippen molar-refractivity contribution in [2.75, 3.05) is 13.1 Å². The molecule has 102 valence electrons. The molecule has 0 radical (unpaired) electrons. The topological polar surface area (TPSA) is 45.2 Å². The summed E-state index contributed by atoms with van der Waals surface area (Å²) in [5.41, 5.74) is 1.23. The molecule has 1 aromatic heterocycles. The van der Waals surface area contributed by atoms with Gasteiger partial charge in [0.2, 0.25) is 5.91 Å².